The summed E-state index contributed by atoms with van der Waals surface area (Å²) in [4.78, 5) is 11.7. The Bertz CT molecular complexity index is 1040. The molecule has 0 aliphatic heterocycles. The van der Waals surface area contributed by atoms with E-state index in [4.69, 9.17) is 9.47 Å². The Morgan fingerprint density at radius 3 is 2.53 bits per heavy atom. The lowest BCUT2D eigenvalue weighted by molar-refractivity contribution is -0.137. The van der Waals surface area contributed by atoms with Crippen LogP contribution in [0.1, 0.15) is 68.0 Å². The number of fused-ring (bicyclic) bond motifs is 1. The van der Waals surface area contributed by atoms with Crippen LogP contribution in [-0.4, -0.2) is 42.5 Å². The predicted molar refractivity (Wildman–Crippen MR) is 141 cm³/mol. The zero-order valence-electron chi connectivity index (χ0n) is 22.1. The van der Waals surface area contributed by atoms with Gasteiger partial charge < -0.3 is 19.9 Å². The minimum Gasteiger partial charge on any atom is -0.463 e. The molecule has 1 aliphatic rings. The number of aliphatic hydroxyl groups is 1. The second-order valence-electron chi connectivity index (χ2n) is 10.4. The van der Waals surface area contributed by atoms with Crippen molar-refractivity contribution in [2.24, 2.45) is 5.92 Å². The monoisotopic (exact) mass is 497 g/mol. The summed E-state index contributed by atoms with van der Waals surface area (Å²) in [5, 5.41) is 14.1. The second kappa shape index (κ2) is 12.6. The number of hydrogen-bond donors (Lipinski definition) is 2. The summed E-state index contributed by atoms with van der Waals surface area (Å²) in [6, 6.07) is 12.1. The highest BCUT2D eigenvalue weighted by molar-refractivity contribution is 5.87. The average Bonchev–Trinajstić information content (AvgIpc) is 3.23. The molecule has 2 atom stereocenters. The number of rotatable bonds is 12. The minimum absolute atomic E-state index is 0.107. The molecular weight excluding hydrogens is 457 g/mol. The number of benzene rings is 2. The zero-order valence-corrected chi connectivity index (χ0v) is 22.1. The number of aryl methyl sites for hydroxylation is 1. The van der Waals surface area contributed by atoms with Crippen LogP contribution in [0.15, 0.2) is 42.5 Å². The van der Waals surface area contributed by atoms with Gasteiger partial charge in [-0.2, -0.15) is 0 Å². The highest BCUT2D eigenvalue weighted by atomic mass is 19.1. The van der Waals surface area contributed by atoms with Gasteiger partial charge in [0.25, 0.3) is 0 Å². The van der Waals surface area contributed by atoms with Crippen LogP contribution in [0.3, 0.4) is 0 Å². The van der Waals surface area contributed by atoms with Gasteiger partial charge in [0, 0.05) is 23.7 Å². The van der Waals surface area contributed by atoms with Crippen molar-refractivity contribution < 1.29 is 23.8 Å². The van der Waals surface area contributed by atoms with E-state index in [0.29, 0.717) is 29.2 Å². The zero-order chi connectivity index (χ0) is 26.3. The number of β-amino-alcohol motifs (C(OH)–C–C–N with tert-alkyl or cyclic N) is 1. The van der Waals surface area contributed by atoms with Crippen molar-refractivity contribution in [3.8, 4) is 0 Å². The van der Waals surface area contributed by atoms with E-state index in [1.54, 1.807) is 26.0 Å². The van der Waals surface area contributed by atoms with E-state index in [1.807, 2.05) is 6.92 Å². The number of nitrogens with one attached hydrogen (secondary N) is 1. The molecule has 3 rings (SSSR count). The summed E-state index contributed by atoms with van der Waals surface area (Å²) in [6.07, 6.45) is 4.70. The van der Waals surface area contributed by atoms with E-state index >= 15 is 0 Å². The van der Waals surface area contributed by atoms with Gasteiger partial charge in [-0.05, 0) is 88.1 Å². The van der Waals surface area contributed by atoms with Crippen molar-refractivity contribution in [3.05, 3.63) is 76.1 Å². The minimum atomic E-state index is -0.707. The molecule has 0 saturated carbocycles. The molecule has 0 bridgehead atoms. The van der Waals surface area contributed by atoms with E-state index in [0.717, 1.165) is 19.3 Å². The summed E-state index contributed by atoms with van der Waals surface area (Å²) in [5.41, 5.74) is 4.16. The molecule has 0 aromatic heterocycles. The topological polar surface area (TPSA) is 67.8 Å². The van der Waals surface area contributed by atoms with Crippen molar-refractivity contribution in [3.63, 3.8) is 0 Å². The van der Waals surface area contributed by atoms with Crippen LogP contribution in [0.4, 0.5) is 4.39 Å². The second-order valence-corrected chi connectivity index (χ2v) is 10.4. The smallest absolute Gasteiger partial charge is 0.330 e. The fourth-order valence-electron chi connectivity index (χ4n) is 4.97. The predicted octanol–water partition coefficient (Wildman–Crippen LogP) is 5.32. The number of aliphatic hydroxyl groups excluding tert-OH is 1. The van der Waals surface area contributed by atoms with Crippen molar-refractivity contribution in [1.29, 1.82) is 0 Å². The van der Waals surface area contributed by atoms with Gasteiger partial charge in [-0.3, -0.25) is 0 Å². The summed E-state index contributed by atoms with van der Waals surface area (Å²) in [6.45, 7) is 10.3. The standard InChI is InChI=1S/C30H40FNO4/c1-6-35-28(34)14-13-27-26(12-11-20(2)29(27)31)21(3)36-19-25(33)18-32-30(4,5)17-22-15-23-9-7-8-10-24(23)16-22/h7-14,21-22,25,32-33H,6,15-19H2,1-5H3/t21-,25-/m1/s1. The molecule has 1 aliphatic carbocycles. The van der Waals surface area contributed by atoms with Gasteiger partial charge >= 0.3 is 5.97 Å². The lowest BCUT2D eigenvalue weighted by Crippen LogP contribution is -2.45. The van der Waals surface area contributed by atoms with Crippen LogP contribution in [0.25, 0.3) is 6.08 Å². The summed E-state index contributed by atoms with van der Waals surface area (Å²) >= 11 is 0. The van der Waals surface area contributed by atoms with Gasteiger partial charge in [0.1, 0.15) is 5.82 Å². The van der Waals surface area contributed by atoms with Gasteiger partial charge in [0.2, 0.25) is 0 Å². The number of halogens is 1. The highest BCUT2D eigenvalue weighted by Gasteiger charge is 2.28. The van der Waals surface area contributed by atoms with Crippen LogP contribution < -0.4 is 5.32 Å². The van der Waals surface area contributed by atoms with E-state index in [1.165, 1.54) is 23.3 Å². The normalized spacial score (nSPS) is 15.8. The van der Waals surface area contributed by atoms with Crippen LogP contribution in [0, 0.1) is 18.7 Å². The van der Waals surface area contributed by atoms with E-state index in [9.17, 15) is 14.3 Å². The Morgan fingerprint density at radius 1 is 1.22 bits per heavy atom. The highest BCUT2D eigenvalue weighted by Crippen LogP contribution is 2.32. The first-order valence-corrected chi connectivity index (χ1v) is 12.8. The molecule has 6 heteroatoms. The number of carbonyl (C=O) groups excluding carboxylic acids is 1. The largest absolute Gasteiger partial charge is 0.463 e. The average molecular weight is 498 g/mol. The van der Waals surface area contributed by atoms with Crippen molar-refractivity contribution in [2.75, 3.05) is 19.8 Å². The maximum atomic E-state index is 14.8. The molecule has 2 aromatic carbocycles. The van der Waals surface area contributed by atoms with Gasteiger partial charge in [-0.1, -0.05) is 36.4 Å². The molecule has 2 aromatic rings. The molecule has 0 heterocycles. The lowest BCUT2D eigenvalue weighted by Gasteiger charge is -2.31. The fourth-order valence-corrected chi connectivity index (χ4v) is 4.97. The van der Waals surface area contributed by atoms with Crippen molar-refractivity contribution >= 4 is 12.0 Å². The molecule has 5 nitrogen and oxygen atoms in total. The molecule has 0 spiro atoms. The SMILES string of the molecule is CCOC(=O)C=Cc1c([C@@H](C)OC[C@H](O)CNC(C)(C)CC2Cc3ccccc3C2)ccc(C)c1F. The van der Waals surface area contributed by atoms with E-state index < -0.39 is 24.0 Å². The van der Waals surface area contributed by atoms with Crippen LogP contribution in [0.5, 0.6) is 0 Å². The molecule has 0 radical (unpaired) electrons. The lowest BCUT2D eigenvalue weighted by atomic mass is 9.88. The summed E-state index contributed by atoms with van der Waals surface area (Å²) in [5.74, 6) is -0.333. The van der Waals surface area contributed by atoms with E-state index in [-0.39, 0.29) is 18.8 Å². The maximum absolute atomic E-state index is 14.8. The third kappa shape index (κ3) is 7.73. The first-order chi connectivity index (χ1) is 17.1. The van der Waals surface area contributed by atoms with Gasteiger partial charge in [0.15, 0.2) is 0 Å². The van der Waals surface area contributed by atoms with Crippen LogP contribution in [0.2, 0.25) is 0 Å². The third-order valence-corrected chi connectivity index (χ3v) is 6.81. The molecule has 36 heavy (non-hydrogen) atoms. The molecule has 0 amide bonds. The first kappa shape index (κ1) is 28.0. The number of hydrogen-bond acceptors (Lipinski definition) is 5. The number of ether oxygens (including phenoxy) is 2. The van der Waals surface area contributed by atoms with Crippen molar-refractivity contribution in [1.82, 2.24) is 5.32 Å². The molecule has 0 fully saturated rings. The molecular formula is C30H40FNO4. The summed E-state index contributed by atoms with van der Waals surface area (Å²) < 4.78 is 25.7. The summed E-state index contributed by atoms with van der Waals surface area (Å²) in [7, 11) is 0. The Kier molecular flexibility index (Phi) is 9.83. The van der Waals surface area contributed by atoms with Crippen molar-refractivity contribution in [2.45, 2.75) is 71.6 Å². The Morgan fingerprint density at radius 2 is 1.89 bits per heavy atom. The van der Waals surface area contributed by atoms with Gasteiger partial charge in [-0.25, -0.2) is 9.18 Å². The maximum Gasteiger partial charge on any atom is 0.330 e. The van der Waals surface area contributed by atoms with Crippen LogP contribution >= 0.6 is 0 Å². The molecule has 0 saturated heterocycles. The Hall–Kier alpha value is -2.54. The Labute approximate surface area is 214 Å². The van der Waals surface area contributed by atoms with Gasteiger partial charge in [0.05, 0.1) is 25.4 Å². The number of esters is 1. The quantitative estimate of drug-likeness (QED) is 0.307. The third-order valence-electron chi connectivity index (χ3n) is 6.81. The Balaban J connectivity index is 1.51. The van der Waals surface area contributed by atoms with E-state index in [2.05, 4.69) is 43.4 Å². The van der Waals surface area contributed by atoms with Crippen LogP contribution in [-0.2, 0) is 27.1 Å². The molecule has 196 valence electrons. The number of carbonyl (C=O) groups is 1. The molecule has 2 N–H and O–H groups in total. The fraction of sp³-hybridized carbons (Fsp3) is 0.500. The first-order valence-electron chi connectivity index (χ1n) is 12.8. The van der Waals surface area contributed by atoms with Gasteiger partial charge in [-0.15, -0.1) is 0 Å². The molecule has 0 unspecified atom stereocenters.